The molecule has 0 aliphatic heterocycles. The number of carbonyl (C=O) groups excluding carboxylic acids is 1. The highest BCUT2D eigenvalue weighted by Crippen LogP contribution is 2.44. The van der Waals surface area contributed by atoms with Crippen molar-refractivity contribution in [1.29, 1.82) is 5.26 Å². The van der Waals surface area contributed by atoms with Gasteiger partial charge in [-0.15, -0.1) is 11.3 Å². The van der Waals surface area contributed by atoms with E-state index in [-0.39, 0.29) is 11.3 Å². The van der Waals surface area contributed by atoms with Crippen molar-refractivity contribution in [3.05, 3.63) is 51.9 Å². The SMILES string of the molecule is CCn1ncc(-c2ccnc3c(C(=O)Nc4sc5c(c4C#N)CCC(C(C)(C)C)C5)cnn23)c1C. The van der Waals surface area contributed by atoms with E-state index in [9.17, 15) is 10.1 Å². The van der Waals surface area contributed by atoms with Gasteiger partial charge in [0, 0.05) is 28.9 Å². The van der Waals surface area contributed by atoms with Crippen LogP contribution in [0.5, 0.6) is 0 Å². The first-order valence-electron chi connectivity index (χ1n) is 11.9. The molecule has 4 aromatic rings. The number of nitrogens with zero attached hydrogens (tertiary/aromatic N) is 6. The van der Waals surface area contributed by atoms with Crippen molar-refractivity contribution in [2.24, 2.45) is 11.3 Å². The molecule has 0 radical (unpaired) electrons. The zero-order chi connectivity index (χ0) is 24.9. The first kappa shape index (κ1) is 23.2. The molecular weight excluding hydrogens is 458 g/mol. The second-order valence-electron chi connectivity index (χ2n) is 10.2. The third-order valence-corrected chi connectivity index (χ3v) is 8.32. The molecule has 0 saturated carbocycles. The molecule has 0 fully saturated rings. The molecule has 9 heteroatoms. The van der Waals surface area contributed by atoms with E-state index in [0.29, 0.717) is 27.7 Å². The first-order valence-corrected chi connectivity index (χ1v) is 12.8. The summed E-state index contributed by atoms with van der Waals surface area (Å²) in [5.41, 5.74) is 5.54. The Balaban J connectivity index is 1.47. The van der Waals surface area contributed by atoms with Crippen molar-refractivity contribution in [3.63, 3.8) is 0 Å². The van der Waals surface area contributed by atoms with E-state index < -0.39 is 0 Å². The van der Waals surface area contributed by atoms with Gasteiger partial charge < -0.3 is 5.32 Å². The van der Waals surface area contributed by atoms with Crippen LogP contribution >= 0.6 is 11.3 Å². The summed E-state index contributed by atoms with van der Waals surface area (Å²) in [6, 6.07) is 4.21. The van der Waals surface area contributed by atoms with E-state index in [0.717, 1.165) is 48.3 Å². The zero-order valence-electron chi connectivity index (χ0n) is 20.7. The Morgan fingerprint density at radius 3 is 2.80 bits per heavy atom. The number of hydrogen-bond donors (Lipinski definition) is 1. The molecule has 35 heavy (non-hydrogen) atoms. The Kier molecular flexibility index (Phi) is 5.72. The van der Waals surface area contributed by atoms with Gasteiger partial charge in [0.25, 0.3) is 5.91 Å². The van der Waals surface area contributed by atoms with Crippen LogP contribution in [0.2, 0.25) is 0 Å². The Bertz CT molecular complexity index is 1480. The van der Waals surface area contributed by atoms with Gasteiger partial charge in [-0.3, -0.25) is 9.48 Å². The molecule has 1 unspecified atom stereocenters. The number of aromatic nitrogens is 5. The van der Waals surface area contributed by atoms with E-state index in [1.807, 2.05) is 30.8 Å². The Labute approximate surface area is 208 Å². The van der Waals surface area contributed by atoms with Crippen molar-refractivity contribution >= 4 is 27.9 Å². The van der Waals surface area contributed by atoms with Crippen LogP contribution in [0.25, 0.3) is 16.9 Å². The van der Waals surface area contributed by atoms with Crippen LogP contribution in [-0.2, 0) is 19.4 Å². The molecule has 0 spiro atoms. The largest absolute Gasteiger partial charge is 0.312 e. The average Bonchev–Trinajstić information content (AvgIpc) is 3.51. The highest BCUT2D eigenvalue weighted by molar-refractivity contribution is 7.16. The number of hydrogen-bond acceptors (Lipinski definition) is 6. The van der Waals surface area contributed by atoms with Gasteiger partial charge in [-0.2, -0.15) is 15.5 Å². The predicted octanol–water partition coefficient (Wildman–Crippen LogP) is 5.26. The predicted molar refractivity (Wildman–Crippen MR) is 137 cm³/mol. The monoisotopic (exact) mass is 487 g/mol. The van der Waals surface area contributed by atoms with Crippen LogP contribution in [0, 0.1) is 29.6 Å². The topological polar surface area (TPSA) is 101 Å². The van der Waals surface area contributed by atoms with Crippen LogP contribution in [-0.4, -0.2) is 30.3 Å². The lowest BCUT2D eigenvalue weighted by Gasteiger charge is -2.33. The third kappa shape index (κ3) is 3.92. The van der Waals surface area contributed by atoms with E-state index in [1.54, 1.807) is 10.7 Å². The standard InChI is InChI=1S/C26H29N7OS/c1-6-32-15(2)19(13-29-32)21-9-10-28-23-20(14-30-33(21)23)24(34)31-25-18(12-27)17-8-7-16(26(3,4)5)11-22(17)35-25/h9-10,13-14,16H,6-8,11H2,1-5H3,(H,31,34). The maximum atomic E-state index is 13.3. The molecule has 1 aliphatic carbocycles. The first-order chi connectivity index (χ1) is 16.7. The van der Waals surface area contributed by atoms with Gasteiger partial charge in [-0.05, 0) is 56.1 Å². The Hall–Kier alpha value is -3.51. The number of amides is 1. The molecule has 4 heterocycles. The van der Waals surface area contributed by atoms with Gasteiger partial charge in [0.05, 0.1) is 23.7 Å². The number of anilines is 1. The van der Waals surface area contributed by atoms with Crippen LogP contribution < -0.4 is 5.32 Å². The Morgan fingerprint density at radius 1 is 1.31 bits per heavy atom. The van der Waals surface area contributed by atoms with Crippen LogP contribution in [0.4, 0.5) is 5.00 Å². The molecule has 0 bridgehead atoms. The minimum atomic E-state index is -0.312. The lowest BCUT2D eigenvalue weighted by molar-refractivity contribution is 0.102. The summed E-state index contributed by atoms with van der Waals surface area (Å²) in [7, 11) is 0. The van der Waals surface area contributed by atoms with Crippen molar-refractivity contribution in [1.82, 2.24) is 24.4 Å². The molecule has 4 aromatic heterocycles. The average molecular weight is 488 g/mol. The summed E-state index contributed by atoms with van der Waals surface area (Å²) >= 11 is 1.53. The Morgan fingerprint density at radius 2 is 2.11 bits per heavy atom. The van der Waals surface area contributed by atoms with Gasteiger partial charge in [0.2, 0.25) is 0 Å². The molecule has 1 N–H and O–H groups in total. The number of nitrogens with one attached hydrogen (secondary N) is 1. The maximum Gasteiger partial charge on any atom is 0.261 e. The highest BCUT2D eigenvalue weighted by Gasteiger charge is 2.32. The number of rotatable bonds is 4. The van der Waals surface area contributed by atoms with E-state index >= 15 is 0 Å². The fourth-order valence-electron chi connectivity index (χ4n) is 4.97. The molecule has 180 valence electrons. The van der Waals surface area contributed by atoms with Crippen molar-refractivity contribution < 1.29 is 4.79 Å². The quantitative estimate of drug-likeness (QED) is 0.423. The maximum absolute atomic E-state index is 13.3. The molecule has 1 amide bonds. The summed E-state index contributed by atoms with van der Waals surface area (Å²) in [5.74, 6) is 0.250. The highest BCUT2D eigenvalue weighted by atomic mass is 32.1. The second-order valence-corrected chi connectivity index (χ2v) is 11.3. The summed E-state index contributed by atoms with van der Waals surface area (Å²) < 4.78 is 3.60. The number of aryl methyl sites for hydroxylation is 1. The summed E-state index contributed by atoms with van der Waals surface area (Å²) in [6.07, 6.45) is 7.91. The van der Waals surface area contributed by atoms with Gasteiger partial charge >= 0.3 is 0 Å². The second kappa shape index (κ2) is 8.61. The van der Waals surface area contributed by atoms with Crippen LogP contribution in [0.1, 0.15) is 66.2 Å². The summed E-state index contributed by atoms with van der Waals surface area (Å²) in [6.45, 7) is 11.6. The van der Waals surface area contributed by atoms with Crippen molar-refractivity contribution in [3.8, 4) is 17.3 Å². The number of thiophene rings is 1. The van der Waals surface area contributed by atoms with Crippen molar-refractivity contribution in [2.45, 2.75) is 60.4 Å². The van der Waals surface area contributed by atoms with E-state index in [4.69, 9.17) is 0 Å². The fraction of sp³-hybridized carbons (Fsp3) is 0.423. The summed E-state index contributed by atoms with van der Waals surface area (Å²) in [4.78, 5) is 19.0. The molecular formula is C26H29N7OS. The third-order valence-electron chi connectivity index (χ3n) is 7.15. The van der Waals surface area contributed by atoms with Crippen LogP contribution in [0.3, 0.4) is 0 Å². The number of carbonyl (C=O) groups is 1. The molecule has 1 aliphatic rings. The number of fused-ring (bicyclic) bond motifs is 2. The molecule has 8 nitrogen and oxygen atoms in total. The van der Waals surface area contributed by atoms with Crippen LogP contribution in [0.15, 0.2) is 24.7 Å². The normalized spacial score (nSPS) is 15.7. The lowest BCUT2D eigenvalue weighted by Crippen LogP contribution is -2.26. The molecule has 5 rings (SSSR count). The summed E-state index contributed by atoms with van der Waals surface area (Å²) in [5, 5.41) is 22.4. The lowest BCUT2D eigenvalue weighted by atomic mass is 9.72. The molecule has 0 saturated heterocycles. The van der Waals surface area contributed by atoms with E-state index in [1.165, 1.54) is 22.4 Å². The molecule has 0 aromatic carbocycles. The van der Waals surface area contributed by atoms with Gasteiger partial charge in [0.1, 0.15) is 16.6 Å². The smallest absolute Gasteiger partial charge is 0.261 e. The van der Waals surface area contributed by atoms with E-state index in [2.05, 4.69) is 47.3 Å². The minimum absolute atomic E-state index is 0.213. The van der Waals surface area contributed by atoms with Gasteiger partial charge in [-0.1, -0.05) is 20.8 Å². The molecule has 1 atom stereocenters. The minimum Gasteiger partial charge on any atom is -0.312 e. The fourth-order valence-corrected chi connectivity index (χ4v) is 6.25. The zero-order valence-corrected chi connectivity index (χ0v) is 21.5. The van der Waals surface area contributed by atoms with Gasteiger partial charge in [0.15, 0.2) is 5.65 Å². The van der Waals surface area contributed by atoms with Gasteiger partial charge in [-0.25, -0.2) is 9.50 Å². The number of nitriles is 1. The van der Waals surface area contributed by atoms with Crippen molar-refractivity contribution in [2.75, 3.05) is 5.32 Å².